The summed E-state index contributed by atoms with van der Waals surface area (Å²) in [6, 6.07) is 0. The van der Waals surface area contributed by atoms with E-state index < -0.39 is 11.2 Å². The minimum atomic E-state index is -0.597. The quantitative estimate of drug-likeness (QED) is 0.489. The third kappa shape index (κ3) is 2.22. The normalized spacial score (nSPS) is 12.7. The third-order valence-electron chi connectivity index (χ3n) is 0.545. The van der Waals surface area contributed by atoms with Gasteiger partial charge in [-0.25, -0.2) is 0 Å². The molecule has 40 valence electrons. The van der Waals surface area contributed by atoms with Crippen molar-refractivity contribution in [3.63, 3.8) is 0 Å². The predicted octanol–water partition coefficient (Wildman–Crippen LogP) is -0.712. The molecule has 0 saturated heterocycles. The summed E-state index contributed by atoms with van der Waals surface area (Å²) in [5.41, 5.74) is 4.69. The molecule has 0 aromatic rings. The van der Waals surface area contributed by atoms with Gasteiger partial charge in [-0.15, -0.1) is 0 Å². The maximum absolute atomic E-state index is 9.93. The summed E-state index contributed by atoms with van der Waals surface area (Å²) in [6.07, 6.45) is 0. The molecule has 0 aliphatic rings. The van der Waals surface area contributed by atoms with Gasteiger partial charge >= 0.3 is 16.9 Å². The van der Waals surface area contributed by atoms with E-state index in [1.807, 2.05) is 0 Å². The summed E-state index contributed by atoms with van der Waals surface area (Å²) in [5, 5.41) is -0.597. The molecule has 3 nitrogen and oxygen atoms in total. The second kappa shape index (κ2) is 2.63. The van der Waals surface area contributed by atoms with Gasteiger partial charge in [0.2, 0.25) is 0 Å². The Balaban J connectivity index is 3.55. The lowest BCUT2D eigenvalue weighted by atomic mass is 10.5. The van der Waals surface area contributed by atoms with Crippen LogP contribution in [0.25, 0.3) is 0 Å². The number of carbonyl (C=O) groups excluding carboxylic acids is 1. The summed E-state index contributed by atoms with van der Waals surface area (Å²) < 4.78 is 9.69. The van der Waals surface area contributed by atoms with E-state index in [4.69, 9.17) is 0 Å². The Hall–Kier alpha value is -0.510. The molecule has 4 heteroatoms. The number of amides is 1. The second-order valence-corrected chi connectivity index (χ2v) is 2.04. The highest BCUT2D eigenvalue weighted by atomic mass is 32.1. The molecule has 2 N–H and O–H groups in total. The molecule has 1 unspecified atom stereocenters. The van der Waals surface area contributed by atoms with E-state index in [0.717, 1.165) is 0 Å². The highest BCUT2D eigenvalue weighted by Crippen LogP contribution is 1.77. The van der Waals surface area contributed by atoms with Gasteiger partial charge < -0.3 is 5.73 Å². The minimum Gasteiger partial charge on any atom is -0.365 e. The first-order valence-electron chi connectivity index (χ1n) is 1.76. The van der Waals surface area contributed by atoms with Crippen molar-refractivity contribution in [2.45, 2.75) is 12.2 Å². The smallest absolute Gasteiger partial charge is 0.365 e. The van der Waals surface area contributed by atoms with Crippen LogP contribution in [0.2, 0.25) is 0 Å². The van der Waals surface area contributed by atoms with Crippen molar-refractivity contribution in [3.05, 3.63) is 0 Å². The maximum atomic E-state index is 9.93. The minimum absolute atomic E-state index is 0.208. The molecule has 0 aromatic carbocycles. The van der Waals surface area contributed by atoms with E-state index >= 15 is 0 Å². The number of hydrogen-bond donors (Lipinski definition) is 1. The van der Waals surface area contributed by atoms with Crippen molar-refractivity contribution in [1.29, 1.82) is 0 Å². The Morgan fingerprint density at radius 2 is 2.29 bits per heavy atom. The van der Waals surface area contributed by atoms with E-state index in [1.165, 1.54) is 6.92 Å². The standard InChI is InChI=1S/C3H5NO2S/c1-2(7-6)3(4)5/h2H,1H3,(H-,4,5)/p+1. The zero-order valence-corrected chi connectivity index (χ0v) is 4.70. The van der Waals surface area contributed by atoms with E-state index in [9.17, 15) is 9.00 Å². The molecule has 0 radical (unpaired) electrons. The van der Waals surface area contributed by atoms with Gasteiger partial charge in [0.25, 0.3) is 5.91 Å². The van der Waals surface area contributed by atoms with Crippen molar-refractivity contribution in [2.75, 3.05) is 0 Å². The molecule has 0 spiro atoms. The molecule has 0 aliphatic heterocycles. The summed E-state index contributed by atoms with van der Waals surface area (Å²) in [6.45, 7) is 1.47. The van der Waals surface area contributed by atoms with Crippen molar-refractivity contribution >= 4 is 17.6 Å². The van der Waals surface area contributed by atoms with E-state index in [0.29, 0.717) is 0 Å². The van der Waals surface area contributed by atoms with Crippen molar-refractivity contribution in [3.8, 4) is 0 Å². The zero-order valence-electron chi connectivity index (χ0n) is 3.88. The Morgan fingerprint density at radius 1 is 1.86 bits per heavy atom. The van der Waals surface area contributed by atoms with Gasteiger partial charge in [-0.1, -0.05) is 0 Å². The van der Waals surface area contributed by atoms with Gasteiger partial charge in [-0.05, 0) is 0 Å². The molecule has 0 aromatic heterocycles. The number of primary amides is 1. The van der Waals surface area contributed by atoms with Gasteiger partial charge in [0.15, 0.2) is 0 Å². The van der Waals surface area contributed by atoms with E-state index in [1.54, 1.807) is 0 Å². The first kappa shape index (κ1) is 6.49. The van der Waals surface area contributed by atoms with Crippen LogP contribution in [0.15, 0.2) is 0 Å². The summed E-state index contributed by atoms with van der Waals surface area (Å²) >= 11 is 0.208. The monoisotopic (exact) mass is 120 g/mol. The molecule has 0 bridgehead atoms. The fourth-order valence-corrected chi connectivity index (χ4v) is 0.142. The van der Waals surface area contributed by atoms with Crippen LogP contribution in [0.3, 0.4) is 0 Å². The van der Waals surface area contributed by atoms with Crippen molar-refractivity contribution in [2.24, 2.45) is 5.73 Å². The molecule has 0 rings (SSSR count). The molecule has 0 fully saturated rings. The van der Waals surface area contributed by atoms with Gasteiger partial charge in [-0.3, -0.25) is 4.79 Å². The molecule has 7 heavy (non-hydrogen) atoms. The lowest BCUT2D eigenvalue weighted by Crippen LogP contribution is -2.24. The first-order valence-corrected chi connectivity index (χ1v) is 2.57. The lowest BCUT2D eigenvalue weighted by Gasteiger charge is -1.76. The van der Waals surface area contributed by atoms with Crippen LogP contribution in [0.5, 0.6) is 0 Å². The van der Waals surface area contributed by atoms with E-state index in [-0.39, 0.29) is 11.7 Å². The highest BCUT2D eigenvalue weighted by Gasteiger charge is 2.20. The Morgan fingerprint density at radius 3 is 2.29 bits per heavy atom. The van der Waals surface area contributed by atoms with Crippen LogP contribution < -0.4 is 5.73 Å². The fraction of sp³-hybridized carbons (Fsp3) is 0.667. The number of rotatable bonds is 2. The summed E-state index contributed by atoms with van der Waals surface area (Å²) in [5.74, 6) is -0.556. The lowest BCUT2D eigenvalue weighted by molar-refractivity contribution is -0.117. The van der Waals surface area contributed by atoms with E-state index in [2.05, 4.69) is 5.73 Å². The largest absolute Gasteiger partial charge is 0.472 e. The fourth-order valence-electron chi connectivity index (χ4n) is 0.0474. The van der Waals surface area contributed by atoms with Gasteiger partial charge in [0, 0.05) is 11.1 Å². The SMILES string of the molecule is CC([S+]=O)C(N)=O. The zero-order chi connectivity index (χ0) is 5.86. The molecular formula is C3H6NO2S+. The van der Waals surface area contributed by atoms with Crippen LogP contribution in [0.4, 0.5) is 0 Å². The van der Waals surface area contributed by atoms with Crippen LogP contribution >= 0.6 is 0 Å². The second-order valence-electron chi connectivity index (χ2n) is 1.14. The number of hydrogen-bond acceptors (Lipinski definition) is 2. The maximum Gasteiger partial charge on any atom is 0.472 e. The summed E-state index contributed by atoms with van der Waals surface area (Å²) in [4.78, 5) is 9.93. The Bertz CT molecular complexity index is 92.9. The van der Waals surface area contributed by atoms with Gasteiger partial charge in [0.1, 0.15) is 0 Å². The summed E-state index contributed by atoms with van der Waals surface area (Å²) in [7, 11) is 0. The van der Waals surface area contributed by atoms with Crippen molar-refractivity contribution < 1.29 is 9.00 Å². The average Bonchev–Trinajstić information content (AvgIpc) is 1.65. The molecule has 0 aliphatic carbocycles. The van der Waals surface area contributed by atoms with Gasteiger partial charge in [-0.2, -0.15) is 0 Å². The van der Waals surface area contributed by atoms with Crippen LogP contribution in [0.1, 0.15) is 6.92 Å². The molecule has 0 heterocycles. The topological polar surface area (TPSA) is 60.2 Å². The highest BCUT2D eigenvalue weighted by molar-refractivity contribution is 7.67. The van der Waals surface area contributed by atoms with Crippen LogP contribution in [-0.4, -0.2) is 11.2 Å². The molecular weight excluding hydrogens is 114 g/mol. The van der Waals surface area contributed by atoms with Crippen LogP contribution in [0, 0.1) is 0 Å². The number of carbonyl (C=O) groups is 1. The Kier molecular flexibility index (Phi) is 2.44. The third-order valence-corrected chi connectivity index (χ3v) is 1.07. The van der Waals surface area contributed by atoms with Crippen LogP contribution in [-0.2, 0) is 20.7 Å². The molecule has 1 atom stereocenters. The Labute approximate surface area is 45.4 Å². The molecule has 0 saturated carbocycles. The molecule has 1 amide bonds. The number of nitrogens with two attached hydrogens (primary N) is 1. The average molecular weight is 120 g/mol. The first-order chi connectivity index (χ1) is 3.18. The van der Waals surface area contributed by atoms with Crippen molar-refractivity contribution in [1.82, 2.24) is 0 Å². The predicted molar refractivity (Wildman–Crippen MR) is 26.7 cm³/mol. The van der Waals surface area contributed by atoms with Gasteiger partial charge in [0.05, 0.1) is 0 Å².